The maximum absolute atomic E-state index is 13.9. The Morgan fingerprint density at radius 3 is 2.26 bits per heavy atom. The van der Waals surface area contributed by atoms with Crippen LogP contribution in [0.25, 0.3) is 0 Å². The van der Waals surface area contributed by atoms with Crippen molar-refractivity contribution in [2.45, 2.75) is 83.3 Å². The summed E-state index contributed by atoms with van der Waals surface area (Å²) in [7, 11) is 1.96. The van der Waals surface area contributed by atoms with Crippen LogP contribution in [0.2, 0.25) is 0 Å². The Bertz CT molecular complexity index is 1010. The highest BCUT2D eigenvalue weighted by molar-refractivity contribution is 5.91. The minimum Gasteiger partial charge on any atom is -0.351 e. The van der Waals surface area contributed by atoms with Gasteiger partial charge in [0.25, 0.3) is 0 Å². The van der Waals surface area contributed by atoms with Gasteiger partial charge in [0.1, 0.15) is 11.9 Å². The van der Waals surface area contributed by atoms with Gasteiger partial charge in [-0.2, -0.15) is 0 Å². The zero-order valence-electron chi connectivity index (χ0n) is 24.0. The predicted molar refractivity (Wildman–Crippen MR) is 149 cm³/mol. The van der Waals surface area contributed by atoms with E-state index in [9.17, 15) is 18.8 Å². The van der Waals surface area contributed by atoms with Gasteiger partial charge in [-0.1, -0.05) is 31.4 Å². The number of nitrogens with one attached hydrogen (secondary N) is 3. The van der Waals surface area contributed by atoms with Crippen molar-refractivity contribution >= 4 is 17.7 Å². The number of hydrogen-bond acceptors (Lipinski definition) is 5. The number of likely N-dealkylation sites (N-methyl/N-ethyl adjacent to an activating group) is 1. The van der Waals surface area contributed by atoms with E-state index in [2.05, 4.69) is 20.9 Å². The van der Waals surface area contributed by atoms with Gasteiger partial charge in [0.15, 0.2) is 0 Å². The Morgan fingerprint density at radius 1 is 1.03 bits per heavy atom. The standard InChI is InChI=1S/C30H46FN5O3/c1-29(2,3)34-28(39)30(22-8-6-5-7-9-22)14-17-36(18-15-30)27(38)25(21-10-12-23(31)13-11-21)33-26(37)24-20-35(4)19-16-32-24/h10-13,22,24-25,32H,5-9,14-20H2,1-4H3,(H,33,37)(H,34,39)/t24-,25+/m0/s1. The van der Waals surface area contributed by atoms with E-state index < -0.39 is 23.3 Å². The molecule has 3 aliphatic rings. The minimum absolute atomic E-state index is 0.102. The molecule has 1 aliphatic carbocycles. The number of likely N-dealkylation sites (tertiary alicyclic amines) is 1. The van der Waals surface area contributed by atoms with Crippen LogP contribution in [0.15, 0.2) is 24.3 Å². The first-order chi connectivity index (χ1) is 18.5. The quantitative estimate of drug-likeness (QED) is 0.513. The summed E-state index contributed by atoms with van der Waals surface area (Å²) in [6, 6.07) is 4.40. The number of rotatable bonds is 6. The van der Waals surface area contributed by atoms with E-state index in [1.165, 1.54) is 18.6 Å². The molecule has 1 saturated carbocycles. The topological polar surface area (TPSA) is 93.8 Å². The molecule has 8 nitrogen and oxygen atoms in total. The van der Waals surface area contributed by atoms with Crippen LogP contribution in [-0.4, -0.2) is 78.9 Å². The zero-order chi connectivity index (χ0) is 28.2. The Hall–Kier alpha value is -2.52. The normalized spacial score (nSPS) is 23.6. The average Bonchev–Trinajstić information content (AvgIpc) is 2.91. The molecule has 216 valence electrons. The zero-order valence-corrected chi connectivity index (χ0v) is 24.0. The van der Waals surface area contributed by atoms with Crippen molar-refractivity contribution in [2.75, 3.05) is 39.8 Å². The van der Waals surface area contributed by atoms with Crippen LogP contribution in [0.4, 0.5) is 4.39 Å². The number of hydrogen-bond donors (Lipinski definition) is 3. The summed E-state index contributed by atoms with van der Waals surface area (Å²) in [5.41, 5.74) is -0.269. The van der Waals surface area contributed by atoms with Gasteiger partial charge in [0.05, 0.1) is 11.5 Å². The number of carbonyl (C=O) groups is 3. The number of amides is 3. The van der Waals surface area contributed by atoms with Crippen LogP contribution < -0.4 is 16.0 Å². The first kappa shape index (κ1) is 29.5. The van der Waals surface area contributed by atoms with Crippen molar-refractivity contribution in [3.63, 3.8) is 0 Å². The minimum atomic E-state index is -0.919. The fourth-order valence-corrected chi connectivity index (χ4v) is 6.51. The molecule has 0 aromatic heterocycles. The van der Waals surface area contributed by atoms with Gasteiger partial charge in [-0.3, -0.25) is 14.4 Å². The molecule has 1 aromatic carbocycles. The third-order valence-corrected chi connectivity index (χ3v) is 8.73. The fraction of sp³-hybridized carbons (Fsp3) is 0.700. The van der Waals surface area contributed by atoms with Gasteiger partial charge in [-0.15, -0.1) is 0 Å². The lowest BCUT2D eigenvalue weighted by Gasteiger charge is -2.48. The number of benzene rings is 1. The molecule has 4 rings (SSSR count). The molecule has 3 fully saturated rings. The lowest BCUT2D eigenvalue weighted by molar-refractivity contribution is -0.147. The second-order valence-corrected chi connectivity index (χ2v) is 12.8. The van der Waals surface area contributed by atoms with E-state index in [4.69, 9.17) is 0 Å². The number of halogens is 1. The molecular weight excluding hydrogens is 497 g/mol. The Balaban J connectivity index is 1.52. The lowest BCUT2D eigenvalue weighted by atomic mass is 9.63. The molecule has 0 spiro atoms. The van der Waals surface area contributed by atoms with Crippen LogP contribution in [0.3, 0.4) is 0 Å². The van der Waals surface area contributed by atoms with Crippen LogP contribution in [0.5, 0.6) is 0 Å². The highest BCUT2D eigenvalue weighted by Gasteiger charge is 2.49. The van der Waals surface area contributed by atoms with E-state index >= 15 is 0 Å². The summed E-state index contributed by atoms with van der Waals surface area (Å²) in [5.74, 6) is -0.445. The fourth-order valence-electron chi connectivity index (χ4n) is 6.51. The van der Waals surface area contributed by atoms with Gasteiger partial charge < -0.3 is 25.8 Å². The maximum Gasteiger partial charge on any atom is 0.249 e. The Kier molecular flexibility index (Phi) is 9.32. The molecule has 0 unspecified atom stereocenters. The maximum atomic E-state index is 13.9. The molecular formula is C30H46FN5O3. The van der Waals surface area contributed by atoms with Crippen molar-refractivity contribution in [1.29, 1.82) is 0 Å². The molecule has 2 atom stereocenters. The van der Waals surface area contributed by atoms with Crippen LogP contribution >= 0.6 is 0 Å². The number of carbonyl (C=O) groups excluding carboxylic acids is 3. The summed E-state index contributed by atoms with van der Waals surface area (Å²) in [5, 5.41) is 9.43. The number of piperidine rings is 1. The van der Waals surface area contributed by atoms with Crippen LogP contribution in [0, 0.1) is 17.2 Å². The summed E-state index contributed by atoms with van der Waals surface area (Å²) >= 11 is 0. The first-order valence-electron chi connectivity index (χ1n) is 14.6. The summed E-state index contributed by atoms with van der Waals surface area (Å²) in [4.78, 5) is 44.7. The molecule has 2 saturated heterocycles. The number of nitrogens with zero attached hydrogens (tertiary/aromatic N) is 2. The van der Waals surface area contributed by atoms with E-state index in [1.54, 1.807) is 17.0 Å². The highest BCUT2D eigenvalue weighted by atomic mass is 19.1. The molecule has 2 heterocycles. The molecule has 39 heavy (non-hydrogen) atoms. The van der Waals surface area contributed by atoms with E-state index in [-0.39, 0.29) is 23.3 Å². The van der Waals surface area contributed by atoms with Gasteiger partial charge in [0.2, 0.25) is 17.7 Å². The third kappa shape index (κ3) is 7.17. The van der Waals surface area contributed by atoms with Gasteiger partial charge in [-0.25, -0.2) is 4.39 Å². The average molecular weight is 544 g/mol. The van der Waals surface area contributed by atoms with E-state index in [1.807, 2.05) is 27.8 Å². The Morgan fingerprint density at radius 2 is 1.67 bits per heavy atom. The molecule has 1 aromatic rings. The van der Waals surface area contributed by atoms with E-state index in [0.717, 1.165) is 32.2 Å². The smallest absolute Gasteiger partial charge is 0.249 e. The second kappa shape index (κ2) is 12.3. The van der Waals surface area contributed by atoms with Gasteiger partial charge >= 0.3 is 0 Å². The molecule has 3 N–H and O–H groups in total. The van der Waals surface area contributed by atoms with Crippen molar-refractivity contribution in [1.82, 2.24) is 25.8 Å². The summed E-state index contributed by atoms with van der Waals surface area (Å²) < 4.78 is 13.7. The Labute approximate surface area is 232 Å². The van der Waals surface area contributed by atoms with Crippen molar-refractivity contribution in [3.8, 4) is 0 Å². The monoisotopic (exact) mass is 543 g/mol. The SMILES string of the molecule is CN1CCN[C@H](C(=O)N[C@@H](C(=O)N2CCC(C(=O)NC(C)(C)C)(C3CCCCC3)CC2)c2ccc(F)cc2)C1. The molecule has 0 radical (unpaired) electrons. The molecule has 2 aliphatic heterocycles. The second-order valence-electron chi connectivity index (χ2n) is 12.8. The van der Waals surface area contributed by atoms with Crippen molar-refractivity contribution < 1.29 is 18.8 Å². The van der Waals surface area contributed by atoms with Crippen LogP contribution in [0.1, 0.15) is 77.3 Å². The number of piperazine rings is 1. The van der Waals surface area contributed by atoms with Crippen molar-refractivity contribution in [3.05, 3.63) is 35.6 Å². The largest absolute Gasteiger partial charge is 0.351 e. The lowest BCUT2D eigenvalue weighted by Crippen LogP contribution is -2.59. The summed E-state index contributed by atoms with van der Waals surface area (Å²) in [6.45, 7) is 9.01. The molecule has 9 heteroatoms. The first-order valence-corrected chi connectivity index (χ1v) is 14.6. The van der Waals surface area contributed by atoms with Gasteiger partial charge in [-0.05, 0) is 77.1 Å². The van der Waals surface area contributed by atoms with Crippen molar-refractivity contribution in [2.24, 2.45) is 11.3 Å². The third-order valence-electron chi connectivity index (χ3n) is 8.73. The summed E-state index contributed by atoms with van der Waals surface area (Å²) in [6.07, 6.45) is 6.78. The van der Waals surface area contributed by atoms with Gasteiger partial charge in [0, 0.05) is 38.3 Å². The predicted octanol–water partition coefficient (Wildman–Crippen LogP) is 2.99. The van der Waals surface area contributed by atoms with Crippen LogP contribution in [-0.2, 0) is 14.4 Å². The van der Waals surface area contributed by atoms with E-state index in [0.29, 0.717) is 50.5 Å². The molecule has 3 amide bonds. The molecule has 0 bridgehead atoms. The highest BCUT2D eigenvalue weighted by Crippen LogP contribution is 2.46.